The zero-order valence-corrected chi connectivity index (χ0v) is 17.6. The zero-order valence-electron chi connectivity index (χ0n) is 17.6. The Morgan fingerprint density at radius 2 is 1.77 bits per heavy atom. The average Bonchev–Trinajstić information content (AvgIpc) is 3.49. The molecule has 2 heterocycles. The van der Waals surface area contributed by atoms with Crippen molar-refractivity contribution < 1.29 is 0 Å². The van der Waals surface area contributed by atoms with Crippen LogP contribution >= 0.6 is 0 Å². The predicted octanol–water partition coefficient (Wildman–Crippen LogP) is 3.88. The molecule has 2 aromatic heterocycles. The Morgan fingerprint density at radius 1 is 1.03 bits per heavy atom. The van der Waals surface area contributed by atoms with Crippen molar-refractivity contribution in [1.29, 1.82) is 5.26 Å². The summed E-state index contributed by atoms with van der Waals surface area (Å²) in [7, 11) is 2.01. The van der Waals surface area contributed by atoms with Gasteiger partial charge in [-0.05, 0) is 54.1 Å². The summed E-state index contributed by atoms with van der Waals surface area (Å²) in [6.07, 6.45) is 7.82. The van der Waals surface area contributed by atoms with Crippen LogP contribution in [-0.4, -0.2) is 27.2 Å². The second-order valence-corrected chi connectivity index (χ2v) is 7.51. The number of benzene rings is 2. The number of rotatable bonds is 9. The SMILES string of the molecule is Cn1cncc1CN(CCNCc1ccc(-n2cccc2)cc1)c1ccc(C#N)cc1. The second-order valence-electron chi connectivity index (χ2n) is 7.51. The lowest BCUT2D eigenvalue weighted by Gasteiger charge is -2.25. The minimum absolute atomic E-state index is 0.672. The van der Waals surface area contributed by atoms with Crippen molar-refractivity contribution in [3.8, 4) is 11.8 Å². The fraction of sp³-hybridized carbons (Fsp3) is 0.200. The van der Waals surface area contributed by atoms with Gasteiger partial charge in [0.05, 0.1) is 30.2 Å². The lowest BCUT2D eigenvalue weighted by Crippen LogP contribution is -2.32. The van der Waals surface area contributed by atoms with E-state index in [0.29, 0.717) is 5.56 Å². The van der Waals surface area contributed by atoms with Gasteiger partial charge in [-0.25, -0.2) is 4.98 Å². The molecule has 31 heavy (non-hydrogen) atoms. The summed E-state index contributed by atoms with van der Waals surface area (Å²) < 4.78 is 4.14. The molecular formula is C25H26N6. The van der Waals surface area contributed by atoms with Gasteiger partial charge in [0.2, 0.25) is 0 Å². The van der Waals surface area contributed by atoms with E-state index < -0.39 is 0 Å². The first-order valence-corrected chi connectivity index (χ1v) is 10.4. The van der Waals surface area contributed by atoms with Gasteiger partial charge in [0, 0.05) is 56.6 Å². The third-order valence-corrected chi connectivity index (χ3v) is 5.36. The first kappa shape index (κ1) is 20.5. The summed E-state index contributed by atoms with van der Waals surface area (Å²) in [5.41, 5.74) is 5.33. The highest BCUT2D eigenvalue weighted by atomic mass is 15.2. The maximum Gasteiger partial charge on any atom is 0.0991 e. The van der Waals surface area contributed by atoms with Gasteiger partial charge >= 0.3 is 0 Å². The smallest absolute Gasteiger partial charge is 0.0991 e. The molecule has 0 spiro atoms. The Kier molecular flexibility index (Phi) is 6.46. The van der Waals surface area contributed by atoms with Crippen molar-refractivity contribution in [3.05, 3.63) is 102 Å². The van der Waals surface area contributed by atoms with Crippen molar-refractivity contribution in [2.75, 3.05) is 18.0 Å². The van der Waals surface area contributed by atoms with Crippen LogP contribution in [0.3, 0.4) is 0 Å². The number of nitriles is 1. The number of nitrogens with one attached hydrogen (secondary N) is 1. The van der Waals surface area contributed by atoms with E-state index in [1.54, 1.807) is 0 Å². The molecule has 0 saturated heterocycles. The molecule has 0 saturated carbocycles. The number of nitrogens with zero attached hydrogens (tertiary/aromatic N) is 5. The molecular weight excluding hydrogens is 384 g/mol. The van der Waals surface area contributed by atoms with Crippen LogP contribution in [0.5, 0.6) is 0 Å². The quantitative estimate of drug-likeness (QED) is 0.426. The Labute approximate surface area is 183 Å². The fourth-order valence-corrected chi connectivity index (χ4v) is 3.52. The van der Waals surface area contributed by atoms with Crippen molar-refractivity contribution in [2.45, 2.75) is 13.1 Å². The normalized spacial score (nSPS) is 10.7. The molecule has 6 heteroatoms. The first-order valence-electron chi connectivity index (χ1n) is 10.4. The van der Waals surface area contributed by atoms with E-state index >= 15 is 0 Å². The van der Waals surface area contributed by atoms with Gasteiger partial charge in [-0.15, -0.1) is 0 Å². The molecule has 0 unspecified atom stereocenters. The summed E-state index contributed by atoms with van der Waals surface area (Å²) in [5.74, 6) is 0. The van der Waals surface area contributed by atoms with Gasteiger partial charge in [-0.2, -0.15) is 5.26 Å². The Bertz CT molecular complexity index is 1120. The van der Waals surface area contributed by atoms with Crippen LogP contribution in [0.1, 0.15) is 16.8 Å². The summed E-state index contributed by atoms with van der Waals surface area (Å²) in [6.45, 7) is 3.27. The van der Waals surface area contributed by atoms with Gasteiger partial charge in [-0.3, -0.25) is 0 Å². The number of hydrogen-bond donors (Lipinski definition) is 1. The second kappa shape index (κ2) is 9.79. The fourth-order valence-electron chi connectivity index (χ4n) is 3.52. The lowest BCUT2D eigenvalue weighted by atomic mass is 10.2. The molecule has 6 nitrogen and oxygen atoms in total. The number of aryl methyl sites for hydroxylation is 1. The molecule has 0 aliphatic heterocycles. The number of imidazole rings is 1. The van der Waals surface area contributed by atoms with E-state index in [1.165, 1.54) is 5.56 Å². The van der Waals surface area contributed by atoms with Crippen molar-refractivity contribution in [1.82, 2.24) is 19.4 Å². The van der Waals surface area contributed by atoms with E-state index in [0.717, 1.165) is 43.2 Å². The average molecular weight is 411 g/mol. The molecule has 0 fully saturated rings. The molecule has 2 aromatic carbocycles. The Hall–Kier alpha value is -3.82. The van der Waals surface area contributed by atoms with Crippen molar-refractivity contribution in [2.24, 2.45) is 7.05 Å². The summed E-state index contributed by atoms with van der Waals surface area (Å²) in [4.78, 5) is 6.54. The van der Waals surface area contributed by atoms with Crippen LogP contribution in [-0.2, 0) is 20.1 Å². The summed E-state index contributed by atoms with van der Waals surface area (Å²) >= 11 is 0. The van der Waals surface area contributed by atoms with Gasteiger partial charge in [0.25, 0.3) is 0 Å². The molecule has 156 valence electrons. The van der Waals surface area contributed by atoms with Crippen LogP contribution < -0.4 is 10.2 Å². The van der Waals surface area contributed by atoms with Crippen LogP contribution in [0, 0.1) is 11.3 Å². The molecule has 0 aliphatic carbocycles. The molecule has 4 aromatic rings. The Balaban J connectivity index is 1.35. The predicted molar refractivity (Wildman–Crippen MR) is 123 cm³/mol. The van der Waals surface area contributed by atoms with E-state index in [2.05, 4.69) is 50.1 Å². The van der Waals surface area contributed by atoms with Crippen LogP contribution in [0.4, 0.5) is 5.69 Å². The highest BCUT2D eigenvalue weighted by Crippen LogP contribution is 2.18. The summed E-state index contributed by atoms with van der Waals surface area (Å²) in [6, 6.07) is 22.6. The van der Waals surface area contributed by atoms with E-state index in [9.17, 15) is 0 Å². The van der Waals surface area contributed by atoms with Gasteiger partial charge in [0.1, 0.15) is 0 Å². The third-order valence-electron chi connectivity index (χ3n) is 5.36. The molecule has 0 atom stereocenters. The third kappa shape index (κ3) is 5.21. The summed E-state index contributed by atoms with van der Waals surface area (Å²) in [5, 5.41) is 12.6. The lowest BCUT2D eigenvalue weighted by molar-refractivity contribution is 0.647. The van der Waals surface area contributed by atoms with Crippen LogP contribution in [0.25, 0.3) is 5.69 Å². The van der Waals surface area contributed by atoms with E-state index in [4.69, 9.17) is 5.26 Å². The standard InChI is InChI=1S/C25H26N6/c1-29-20-28-18-25(29)19-31(24-8-4-21(16-26)5-9-24)15-12-27-17-22-6-10-23(11-7-22)30-13-2-3-14-30/h2-11,13-14,18,20,27H,12,15,17,19H2,1H3. The minimum atomic E-state index is 0.672. The van der Waals surface area contributed by atoms with E-state index in [1.807, 2.05) is 72.9 Å². The zero-order chi connectivity index (χ0) is 21.5. The van der Waals surface area contributed by atoms with Crippen molar-refractivity contribution >= 4 is 5.69 Å². The molecule has 0 bridgehead atoms. The molecule has 0 amide bonds. The maximum absolute atomic E-state index is 9.08. The highest BCUT2D eigenvalue weighted by Gasteiger charge is 2.10. The minimum Gasteiger partial charge on any atom is -0.364 e. The molecule has 0 aliphatic rings. The van der Waals surface area contributed by atoms with E-state index in [-0.39, 0.29) is 0 Å². The number of hydrogen-bond acceptors (Lipinski definition) is 4. The molecule has 4 rings (SSSR count). The van der Waals surface area contributed by atoms with Crippen LogP contribution in [0.2, 0.25) is 0 Å². The maximum atomic E-state index is 9.08. The monoisotopic (exact) mass is 410 g/mol. The van der Waals surface area contributed by atoms with Crippen molar-refractivity contribution in [3.63, 3.8) is 0 Å². The van der Waals surface area contributed by atoms with Gasteiger partial charge < -0.3 is 19.4 Å². The molecule has 0 radical (unpaired) electrons. The Morgan fingerprint density at radius 3 is 2.42 bits per heavy atom. The number of aromatic nitrogens is 3. The van der Waals surface area contributed by atoms with Crippen LogP contribution in [0.15, 0.2) is 85.6 Å². The van der Waals surface area contributed by atoms with Gasteiger partial charge in [-0.1, -0.05) is 12.1 Å². The molecule has 1 N–H and O–H groups in total. The first-order chi connectivity index (χ1) is 15.2. The highest BCUT2D eigenvalue weighted by molar-refractivity contribution is 5.50. The number of anilines is 1. The van der Waals surface area contributed by atoms with Gasteiger partial charge in [0.15, 0.2) is 0 Å². The largest absolute Gasteiger partial charge is 0.364 e. The topological polar surface area (TPSA) is 61.8 Å².